The molecule has 0 saturated heterocycles. The van der Waals surface area contributed by atoms with Crippen LogP contribution in [0, 0.1) is 0 Å². The Labute approximate surface area is 77.3 Å². The summed E-state index contributed by atoms with van der Waals surface area (Å²) in [5.41, 5.74) is -1.79. The zero-order chi connectivity index (χ0) is 9.35. The second kappa shape index (κ2) is 3.23. The predicted octanol–water partition coefficient (Wildman–Crippen LogP) is 1.15. The van der Waals surface area contributed by atoms with Gasteiger partial charge in [0.2, 0.25) is 19.8 Å². The molecule has 1 aromatic rings. The minimum atomic E-state index is -3.40. The van der Waals surface area contributed by atoms with Crippen LogP contribution in [-0.2, 0) is 9.84 Å². The van der Waals surface area contributed by atoms with Crippen LogP contribution in [0.5, 0.6) is 0 Å². The molecule has 4 nitrogen and oxygen atoms in total. The van der Waals surface area contributed by atoms with Gasteiger partial charge in [0.1, 0.15) is 0 Å². The Morgan fingerprint density at radius 1 is 1.58 bits per heavy atom. The van der Waals surface area contributed by atoms with Gasteiger partial charge in [0, 0.05) is 6.26 Å². The first-order valence-corrected chi connectivity index (χ1v) is 5.87. The van der Waals surface area contributed by atoms with E-state index in [0.29, 0.717) is 11.3 Å². The number of nitrogens with zero attached hydrogens (tertiary/aromatic N) is 2. The third-order valence-corrected chi connectivity index (χ3v) is 3.89. The highest BCUT2D eigenvalue weighted by molar-refractivity contribution is 7.92. The van der Waals surface area contributed by atoms with E-state index < -0.39 is 15.5 Å². The molecule has 1 rings (SSSR count). The monoisotopic (exact) mass is 230 g/mol. The Bertz CT molecular complexity index is 374. The highest BCUT2D eigenvalue weighted by Crippen LogP contribution is 2.26. The number of sulfone groups is 1. The predicted molar refractivity (Wildman–Crippen MR) is 42.7 cm³/mol. The SMILES string of the molecule is CS(=O)(=O)c1nnc(C(F)Cl)s1. The Kier molecular flexibility index (Phi) is 2.64. The lowest BCUT2D eigenvalue weighted by Gasteiger charge is -1.87. The minimum absolute atomic E-state index is 0.142. The van der Waals surface area contributed by atoms with E-state index in [1.165, 1.54) is 0 Å². The van der Waals surface area contributed by atoms with Crippen molar-refractivity contribution in [2.75, 3.05) is 6.26 Å². The topological polar surface area (TPSA) is 59.9 Å². The summed E-state index contributed by atoms with van der Waals surface area (Å²) >= 11 is 5.64. The maximum Gasteiger partial charge on any atom is 0.232 e. The molecule has 0 bridgehead atoms. The van der Waals surface area contributed by atoms with Crippen molar-refractivity contribution >= 4 is 32.8 Å². The van der Waals surface area contributed by atoms with E-state index in [4.69, 9.17) is 11.6 Å². The molecule has 0 fully saturated rings. The molecule has 8 heteroatoms. The van der Waals surface area contributed by atoms with Crippen LogP contribution in [0.1, 0.15) is 10.6 Å². The molecule has 0 aliphatic rings. The largest absolute Gasteiger partial charge is 0.232 e. The van der Waals surface area contributed by atoms with Crippen LogP contribution in [0.15, 0.2) is 4.34 Å². The third-order valence-electron chi connectivity index (χ3n) is 0.926. The van der Waals surface area contributed by atoms with Crippen molar-refractivity contribution in [3.63, 3.8) is 0 Å². The van der Waals surface area contributed by atoms with Crippen molar-refractivity contribution in [3.8, 4) is 0 Å². The molecule has 12 heavy (non-hydrogen) atoms. The summed E-state index contributed by atoms with van der Waals surface area (Å²) in [5.74, 6) is 0. The highest BCUT2D eigenvalue weighted by atomic mass is 35.5. The molecule has 0 aliphatic heterocycles. The van der Waals surface area contributed by atoms with Gasteiger partial charge in [-0.05, 0) is 0 Å². The fourth-order valence-corrected chi connectivity index (χ4v) is 2.12. The second-order valence-corrected chi connectivity index (χ2v) is 5.56. The highest BCUT2D eigenvalue weighted by Gasteiger charge is 2.18. The van der Waals surface area contributed by atoms with E-state index in [9.17, 15) is 12.8 Å². The summed E-state index contributed by atoms with van der Waals surface area (Å²) < 4.78 is 33.7. The van der Waals surface area contributed by atoms with Crippen molar-refractivity contribution in [2.24, 2.45) is 0 Å². The quantitative estimate of drug-likeness (QED) is 0.715. The van der Waals surface area contributed by atoms with Gasteiger partial charge in [-0.1, -0.05) is 22.9 Å². The van der Waals surface area contributed by atoms with Crippen molar-refractivity contribution in [2.45, 2.75) is 9.97 Å². The first-order valence-electron chi connectivity index (χ1n) is 2.73. The molecule has 68 valence electrons. The summed E-state index contributed by atoms with van der Waals surface area (Å²) in [5, 5.41) is 6.39. The minimum Gasteiger partial charge on any atom is -0.222 e. The van der Waals surface area contributed by atoms with Crippen LogP contribution in [0.25, 0.3) is 0 Å². The van der Waals surface area contributed by atoms with E-state index in [1.54, 1.807) is 0 Å². The molecule has 0 aromatic carbocycles. The lowest BCUT2D eigenvalue weighted by atomic mass is 10.8. The van der Waals surface area contributed by atoms with Crippen LogP contribution in [-0.4, -0.2) is 24.9 Å². The van der Waals surface area contributed by atoms with Crippen molar-refractivity contribution in [1.29, 1.82) is 0 Å². The van der Waals surface area contributed by atoms with Crippen LogP contribution >= 0.6 is 22.9 Å². The number of hydrogen-bond acceptors (Lipinski definition) is 5. The average molecular weight is 231 g/mol. The van der Waals surface area contributed by atoms with Crippen molar-refractivity contribution in [1.82, 2.24) is 10.2 Å². The van der Waals surface area contributed by atoms with Gasteiger partial charge in [-0.3, -0.25) is 0 Å². The van der Waals surface area contributed by atoms with Gasteiger partial charge in [0.15, 0.2) is 5.01 Å². The Hall–Kier alpha value is -0.270. The fourth-order valence-electron chi connectivity index (χ4n) is 0.458. The van der Waals surface area contributed by atoms with E-state index in [1.807, 2.05) is 0 Å². The van der Waals surface area contributed by atoms with Gasteiger partial charge in [0.05, 0.1) is 0 Å². The fraction of sp³-hybridized carbons (Fsp3) is 0.500. The maximum absolute atomic E-state index is 12.3. The summed E-state index contributed by atoms with van der Waals surface area (Å²) in [6, 6.07) is 0. The molecule has 1 aromatic heterocycles. The molecule has 1 atom stereocenters. The average Bonchev–Trinajstić information content (AvgIpc) is 2.30. The summed E-state index contributed by atoms with van der Waals surface area (Å²) in [7, 11) is -3.40. The summed E-state index contributed by atoms with van der Waals surface area (Å²) in [6.07, 6.45) is 0.971. The Morgan fingerprint density at radius 2 is 2.17 bits per heavy atom. The van der Waals surface area contributed by atoms with Gasteiger partial charge in [-0.15, -0.1) is 10.2 Å². The molecule has 0 amide bonds. The van der Waals surface area contributed by atoms with Crippen molar-refractivity contribution < 1.29 is 12.8 Å². The first kappa shape index (κ1) is 9.82. The van der Waals surface area contributed by atoms with Crippen LogP contribution in [0.2, 0.25) is 0 Å². The molecule has 0 N–H and O–H groups in total. The van der Waals surface area contributed by atoms with Gasteiger partial charge in [0.25, 0.3) is 0 Å². The van der Waals surface area contributed by atoms with Gasteiger partial charge < -0.3 is 0 Å². The maximum atomic E-state index is 12.3. The number of halogens is 2. The van der Waals surface area contributed by atoms with E-state index >= 15 is 0 Å². The van der Waals surface area contributed by atoms with E-state index in [0.717, 1.165) is 6.26 Å². The second-order valence-electron chi connectivity index (χ2n) is 1.98. The summed E-state index contributed by atoms with van der Waals surface area (Å²) in [4.78, 5) is 0. The molecule has 1 unspecified atom stereocenters. The van der Waals surface area contributed by atoms with Crippen molar-refractivity contribution in [3.05, 3.63) is 5.01 Å². The lowest BCUT2D eigenvalue weighted by molar-refractivity contribution is 0.456. The van der Waals surface area contributed by atoms with E-state index in [2.05, 4.69) is 10.2 Å². The number of aromatic nitrogens is 2. The van der Waals surface area contributed by atoms with Crippen LogP contribution < -0.4 is 0 Å². The molecule has 0 spiro atoms. The molecule has 0 radical (unpaired) electrons. The lowest BCUT2D eigenvalue weighted by Crippen LogP contribution is -1.95. The zero-order valence-electron chi connectivity index (χ0n) is 5.86. The number of rotatable bonds is 2. The number of alkyl halides is 2. The van der Waals surface area contributed by atoms with Gasteiger partial charge in [-0.2, -0.15) is 0 Å². The van der Waals surface area contributed by atoms with Gasteiger partial charge in [-0.25, -0.2) is 12.8 Å². The summed E-state index contributed by atoms with van der Waals surface area (Å²) in [6.45, 7) is 0. The zero-order valence-corrected chi connectivity index (χ0v) is 8.25. The third kappa shape index (κ3) is 2.11. The first-order chi connectivity index (χ1) is 5.41. The van der Waals surface area contributed by atoms with Gasteiger partial charge >= 0.3 is 0 Å². The Balaban J connectivity index is 3.09. The standard InChI is InChI=1S/C4H4ClFN2O2S2/c1-12(9,10)4-8-7-3(11-4)2(5)6/h2H,1H3. The smallest absolute Gasteiger partial charge is 0.222 e. The molecule has 0 saturated carbocycles. The molecular weight excluding hydrogens is 227 g/mol. The van der Waals surface area contributed by atoms with E-state index in [-0.39, 0.29) is 9.35 Å². The molecule has 0 aliphatic carbocycles. The van der Waals surface area contributed by atoms with Crippen LogP contribution in [0.3, 0.4) is 0 Å². The Morgan fingerprint density at radius 3 is 2.42 bits per heavy atom. The normalized spacial score (nSPS) is 14.6. The molecular formula is C4H4ClFN2O2S2. The number of hydrogen-bond donors (Lipinski definition) is 0. The van der Waals surface area contributed by atoms with Crippen LogP contribution in [0.4, 0.5) is 4.39 Å². The molecule has 1 heterocycles.